The fourth-order valence-corrected chi connectivity index (χ4v) is 4.64. The molecule has 0 heterocycles. The molecule has 126 valence electrons. The van der Waals surface area contributed by atoms with E-state index >= 15 is 0 Å². The second-order valence-corrected chi connectivity index (χ2v) is 8.30. The standard InChI is InChI=1S/C20H41N/c1-7-10-11-17(8-2)15-20(5,6)18-13-12-16(4)14-19(18)21-9-3/h16-19,21H,7-15H2,1-6H3. The minimum atomic E-state index is 0.487. The summed E-state index contributed by atoms with van der Waals surface area (Å²) in [5.74, 6) is 2.70. The van der Waals surface area contributed by atoms with Gasteiger partial charge in [-0.25, -0.2) is 0 Å². The van der Waals surface area contributed by atoms with Crippen LogP contribution in [-0.2, 0) is 0 Å². The molecule has 4 unspecified atom stereocenters. The molecule has 0 aliphatic heterocycles. The van der Waals surface area contributed by atoms with E-state index in [1.807, 2.05) is 0 Å². The largest absolute Gasteiger partial charge is 0.314 e. The third kappa shape index (κ3) is 5.93. The fourth-order valence-electron chi connectivity index (χ4n) is 4.64. The van der Waals surface area contributed by atoms with Crippen molar-refractivity contribution in [3.05, 3.63) is 0 Å². The quantitative estimate of drug-likeness (QED) is 0.547. The lowest BCUT2D eigenvalue weighted by molar-refractivity contribution is 0.0699. The molecule has 1 N–H and O–H groups in total. The van der Waals surface area contributed by atoms with Gasteiger partial charge in [0.05, 0.1) is 0 Å². The normalized spacial score (nSPS) is 28.6. The molecule has 0 amide bonds. The molecular weight excluding hydrogens is 254 g/mol. The van der Waals surface area contributed by atoms with Crippen molar-refractivity contribution in [1.29, 1.82) is 0 Å². The first-order chi connectivity index (χ1) is 9.94. The Hall–Kier alpha value is -0.0400. The molecule has 1 rings (SSSR count). The van der Waals surface area contributed by atoms with E-state index in [4.69, 9.17) is 0 Å². The first-order valence-corrected chi connectivity index (χ1v) is 9.67. The average Bonchev–Trinajstić information content (AvgIpc) is 2.43. The predicted octanol–water partition coefficient (Wildman–Crippen LogP) is 6.03. The highest BCUT2D eigenvalue weighted by atomic mass is 14.9. The van der Waals surface area contributed by atoms with E-state index in [-0.39, 0.29) is 0 Å². The summed E-state index contributed by atoms with van der Waals surface area (Å²) < 4.78 is 0. The van der Waals surface area contributed by atoms with Crippen LogP contribution in [0.3, 0.4) is 0 Å². The lowest BCUT2D eigenvalue weighted by Gasteiger charge is -2.46. The van der Waals surface area contributed by atoms with Gasteiger partial charge in [-0.2, -0.15) is 0 Å². The molecule has 21 heavy (non-hydrogen) atoms. The van der Waals surface area contributed by atoms with E-state index in [1.165, 1.54) is 51.4 Å². The summed E-state index contributed by atoms with van der Waals surface area (Å²) in [6.45, 7) is 15.6. The molecule has 0 saturated heterocycles. The van der Waals surface area contributed by atoms with Gasteiger partial charge < -0.3 is 5.32 Å². The van der Waals surface area contributed by atoms with Crippen LogP contribution in [0, 0.1) is 23.2 Å². The Balaban J connectivity index is 2.68. The maximum atomic E-state index is 3.81. The van der Waals surface area contributed by atoms with Gasteiger partial charge in [-0.1, -0.05) is 73.6 Å². The van der Waals surface area contributed by atoms with E-state index in [0.717, 1.165) is 30.3 Å². The van der Waals surface area contributed by atoms with Crippen molar-refractivity contribution in [3.63, 3.8) is 0 Å². The Morgan fingerprint density at radius 3 is 2.43 bits per heavy atom. The summed E-state index contributed by atoms with van der Waals surface area (Å²) >= 11 is 0. The van der Waals surface area contributed by atoms with Crippen LogP contribution >= 0.6 is 0 Å². The van der Waals surface area contributed by atoms with Gasteiger partial charge in [-0.05, 0) is 49.0 Å². The molecule has 0 spiro atoms. The molecule has 0 aromatic heterocycles. The average molecular weight is 296 g/mol. The Morgan fingerprint density at radius 1 is 1.14 bits per heavy atom. The predicted molar refractivity (Wildman–Crippen MR) is 95.7 cm³/mol. The molecular formula is C20H41N. The number of hydrogen-bond acceptors (Lipinski definition) is 1. The zero-order valence-electron chi connectivity index (χ0n) is 15.7. The Labute approximate surface area is 134 Å². The highest BCUT2D eigenvalue weighted by molar-refractivity contribution is 4.92. The summed E-state index contributed by atoms with van der Waals surface area (Å²) in [6, 6.07) is 0.748. The monoisotopic (exact) mass is 295 g/mol. The van der Waals surface area contributed by atoms with Gasteiger partial charge in [0, 0.05) is 6.04 Å². The Kier molecular flexibility index (Phi) is 8.31. The maximum absolute atomic E-state index is 3.81. The molecule has 1 nitrogen and oxygen atoms in total. The minimum absolute atomic E-state index is 0.487. The van der Waals surface area contributed by atoms with Crippen LogP contribution in [0.4, 0.5) is 0 Å². The topological polar surface area (TPSA) is 12.0 Å². The molecule has 1 aliphatic carbocycles. The summed E-state index contributed by atoms with van der Waals surface area (Å²) in [5.41, 5.74) is 0.487. The molecule has 1 saturated carbocycles. The van der Waals surface area contributed by atoms with E-state index in [9.17, 15) is 0 Å². The highest BCUT2D eigenvalue weighted by Gasteiger charge is 2.39. The smallest absolute Gasteiger partial charge is 0.0103 e. The van der Waals surface area contributed by atoms with Crippen LogP contribution < -0.4 is 5.32 Å². The third-order valence-electron chi connectivity index (χ3n) is 5.94. The van der Waals surface area contributed by atoms with Gasteiger partial charge >= 0.3 is 0 Å². The lowest BCUT2D eigenvalue weighted by atomic mass is 9.63. The number of rotatable bonds is 9. The second kappa shape index (κ2) is 9.18. The SMILES string of the molecule is CCCCC(CC)CC(C)(C)C1CCC(C)CC1NCC. The molecule has 4 atom stereocenters. The van der Waals surface area contributed by atoms with Crippen molar-refractivity contribution in [1.82, 2.24) is 5.32 Å². The summed E-state index contributed by atoms with van der Waals surface area (Å²) in [6.07, 6.45) is 11.2. The van der Waals surface area contributed by atoms with Crippen LogP contribution in [0.1, 0.15) is 92.9 Å². The van der Waals surface area contributed by atoms with Gasteiger partial charge in [-0.15, -0.1) is 0 Å². The fraction of sp³-hybridized carbons (Fsp3) is 1.00. The zero-order valence-corrected chi connectivity index (χ0v) is 15.7. The summed E-state index contributed by atoms with van der Waals surface area (Å²) in [7, 11) is 0. The van der Waals surface area contributed by atoms with Crippen molar-refractivity contribution in [2.75, 3.05) is 6.54 Å². The summed E-state index contributed by atoms with van der Waals surface area (Å²) in [5, 5.41) is 3.81. The van der Waals surface area contributed by atoms with E-state index in [0.29, 0.717) is 5.41 Å². The molecule has 1 aliphatic rings. The Morgan fingerprint density at radius 2 is 1.86 bits per heavy atom. The maximum Gasteiger partial charge on any atom is 0.0103 e. The van der Waals surface area contributed by atoms with Crippen LogP contribution in [-0.4, -0.2) is 12.6 Å². The summed E-state index contributed by atoms with van der Waals surface area (Å²) in [4.78, 5) is 0. The van der Waals surface area contributed by atoms with Gasteiger partial charge in [0.25, 0.3) is 0 Å². The molecule has 0 radical (unpaired) electrons. The molecule has 0 bridgehead atoms. The van der Waals surface area contributed by atoms with E-state index in [1.54, 1.807) is 0 Å². The highest BCUT2D eigenvalue weighted by Crippen LogP contribution is 2.45. The van der Waals surface area contributed by atoms with Crippen molar-refractivity contribution in [3.8, 4) is 0 Å². The number of unbranched alkanes of at least 4 members (excludes halogenated alkanes) is 1. The van der Waals surface area contributed by atoms with Crippen molar-refractivity contribution >= 4 is 0 Å². The van der Waals surface area contributed by atoms with Gasteiger partial charge in [0.2, 0.25) is 0 Å². The zero-order chi connectivity index (χ0) is 15.9. The van der Waals surface area contributed by atoms with E-state index < -0.39 is 0 Å². The van der Waals surface area contributed by atoms with Gasteiger partial charge in [-0.3, -0.25) is 0 Å². The molecule has 1 fully saturated rings. The van der Waals surface area contributed by atoms with Crippen molar-refractivity contribution in [2.45, 2.75) is 99.0 Å². The van der Waals surface area contributed by atoms with Crippen molar-refractivity contribution in [2.24, 2.45) is 23.2 Å². The van der Waals surface area contributed by atoms with Crippen molar-refractivity contribution < 1.29 is 0 Å². The second-order valence-electron chi connectivity index (χ2n) is 8.30. The van der Waals surface area contributed by atoms with Gasteiger partial charge in [0.1, 0.15) is 0 Å². The van der Waals surface area contributed by atoms with Crippen LogP contribution in [0.5, 0.6) is 0 Å². The number of nitrogens with one attached hydrogen (secondary N) is 1. The lowest BCUT2D eigenvalue weighted by Crippen LogP contribution is -2.47. The molecule has 0 aromatic carbocycles. The van der Waals surface area contributed by atoms with Crippen LogP contribution in [0.15, 0.2) is 0 Å². The molecule has 1 heteroatoms. The Bertz CT molecular complexity index is 271. The van der Waals surface area contributed by atoms with Crippen LogP contribution in [0.25, 0.3) is 0 Å². The third-order valence-corrected chi connectivity index (χ3v) is 5.94. The first-order valence-electron chi connectivity index (χ1n) is 9.67. The molecule has 0 aromatic rings. The van der Waals surface area contributed by atoms with Gasteiger partial charge in [0.15, 0.2) is 0 Å². The minimum Gasteiger partial charge on any atom is -0.314 e. The van der Waals surface area contributed by atoms with Crippen LogP contribution in [0.2, 0.25) is 0 Å². The van der Waals surface area contributed by atoms with E-state index in [2.05, 4.69) is 46.9 Å². The number of hydrogen-bond donors (Lipinski definition) is 1. The first kappa shape index (κ1) is 19.0.